The average molecular weight is 200 g/mol. The molecule has 0 aromatic rings. The topological polar surface area (TPSA) is 46.1 Å². The van der Waals surface area contributed by atoms with Gasteiger partial charge in [-0.05, 0) is 0 Å². The lowest BCUT2D eigenvalue weighted by molar-refractivity contribution is -0.923. The Morgan fingerprint density at radius 2 is 1.43 bits per heavy atom. The van der Waals surface area contributed by atoms with Crippen molar-refractivity contribution < 1.29 is 9.29 Å². The molecule has 0 amide bonds. The fourth-order valence-electron chi connectivity index (χ4n) is 2.81. The Kier molecular flexibility index (Phi) is 2.55. The summed E-state index contributed by atoms with van der Waals surface area (Å²) in [5.41, 5.74) is 0. The largest absolute Gasteiger partial charge is 0.633 e. The first kappa shape index (κ1) is 10.4. The second kappa shape index (κ2) is 3.45. The molecule has 0 aliphatic carbocycles. The number of likely N-dealkylation sites (tertiary alicyclic amines) is 2. The van der Waals surface area contributed by atoms with E-state index in [2.05, 4.69) is 0 Å². The molecule has 2 aliphatic heterocycles. The SMILES string of the molecule is C[N+]1([O-])CCC([N+]2([O-])CCCC2)CC1. The van der Waals surface area contributed by atoms with E-state index in [1.807, 2.05) is 0 Å². The van der Waals surface area contributed by atoms with Crippen molar-refractivity contribution in [3.8, 4) is 0 Å². The second-order valence-corrected chi connectivity index (χ2v) is 5.08. The first-order valence-electron chi connectivity index (χ1n) is 5.65. The average Bonchev–Trinajstić information content (AvgIpc) is 2.53. The Labute approximate surface area is 85.4 Å². The van der Waals surface area contributed by atoms with Crippen molar-refractivity contribution in [1.29, 1.82) is 0 Å². The zero-order chi connectivity index (χ0) is 10.2. The van der Waals surface area contributed by atoms with Gasteiger partial charge in [-0.15, -0.1) is 0 Å². The number of hydrogen-bond acceptors (Lipinski definition) is 2. The standard InChI is InChI=1S/C10H20N2O2/c1-11(13)8-4-10(5-9-11)12(14)6-2-3-7-12/h10H,2-9H2,1H3. The molecule has 82 valence electrons. The maximum atomic E-state index is 12.3. The van der Waals surface area contributed by atoms with Crippen molar-refractivity contribution in [3.05, 3.63) is 10.4 Å². The van der Waals surface area contributed by atoms with Gasteiger partial charge in [-0.3, -0.25) is 0 Å². The summed E-state index contributed by atoms with van der Waals surface area (Å²) in [5.74, 6) is 0. The summed E-state index contributed by atoms with van der Waals surface area (Å²) in [7, 11) is 1.72. The van der Waals surface area contributed by atoms with Crippen LogP contribution in [0.25, 0.3) is 0 Å². The molecular weight excluding hydrogens is 180 g/mol. The van der Waals surface area contributed by atoms with Crippen molar-refractivity contribution in [2.24, 2.45) is 0 Å². The third kappa shape index (κ3) is 1.93. The molecule has 4 heteroatoms. The van der Waals surface area contributed by atoms with Crippen molar-refractivity contribution in [3.63, 3.8) is 0 Å². The smallest absolute Gasteiger partial charge is 0.0996 e. The van der Waals surface area contributed by atoms with Gasteiger partial charge in [0.1, 0.15) is 0 Å². The summed E-state index contributed by atoms with van der Waals surface area (Å²) < 4.78 is -0.142. The minimum atomic E-state index is -0.142. The van der Waals surface area contributed by atoms with Crippen molar-refractivity contribution in [2.45, 2.75) is 31.7 Å². The lowest BCUT2D eigenvalue weighted by Crippen LogP contribution is -2.56. The van der Waals surface area contributed by atoms with Crippen LogP contribution in [0.4, 0.5) is 0 Å². The molecule has 0 aromatic carbocycles. The highest BCUT2D eigenvalue weighted by Gasteiger charge is 2.36. The van der Waals surface area contributed by atoms with Gasteiger partial charge >= 0.3 is 0 Å². The minimum absolute atomic E-state index is 0. The van der Waals surface area contributed by atoms with Gasteiger partial charge in [0.15, 0.2) is 0 Å². The number of nitrogens with zero attached hydrogens (tertiary/aromatic N) is 2. The van der Waals surface area contributed by atoms with E-state index >= 15 is 0 Å². The summed E-state index contributed by atoms with van der Waals surface area (Å²) >= 11 is 0. The molecule has 0 spiro atoms. The number of hydrogen-bond donors (Lipinski definition) is 0. The zero-order valence-electron chi connectivity index (χ0n) is 8.95. The predicted molar refractivity (Wildman–Crippen MR) is 54.9 cm³/mol. The predicted octanol–water partition coefficient (Wildman–Crippen LogP) is 1.20. The van der Waals surface area contributed by atoms with Gasteiger partial charge in [0.2, 0.25) is 0 Å². The second-order valence-electron chi connectivity index (χ2n) is 5.08. The van der Waals surface area contributed by atoms with E-state index in [0.717, 1.165) is 38.8 Å². The van der Waals surface area contributed by atoms with Crippen molar-refractivity contribution in [2.75, 3.05) is 33.2 Å². The molecule has 0 radical (unpaired) electrons. The summed E-state index contributed by atoms with van der Waals surface area (Å²) in [6, 6.07) is 0.220. The quantitative estimate of drug-likeness (QED) is 0.471. The van der Waals surface area contributed by atoms with Crippen LogP contribution in [-0.2, 0) is 0 Å². The van der Waals surface area contributed by atoms with Gasteiger partial charge in [-0.25, -0.2) is 0 Å². The van der Waals surface area contributed by atoms with Crippen molar-refractivity contribution in [1.82, 2.24) is 0 Å². The third-order valence-corrected chi connectivity index (χ3v) is 3.86. The molecule has 0 atom stereocenters. The Hall–Kier alpha value is -0.160. The van der Waals surface area contributed by atoms with E-state index in [-0.39, 0.29) is 15.3 Å². The van der Waals surface area contributed by atoms with Gasteiger partial charge in [-0.1, -0.05) is 0 Å². The first-order valence-corrected chi connectivity index (χ1v) is 5.65. The van der Waals surface area contributed by atoms with Gasteiger partial charge in [0, 0.05) is 25.7 Å². The fourth-order valence-corrected chi connectivity index (χ4v) is 2.81. The third-order valence-electron chi connectivity index (χ3n) is 3.86. The van der Waals surface area contributed by atoms with E-state index < -0.39 is 0 Å². The summed E-state index contributed by atoms with van der Waals surface area (Å²) in [4.78, 5) is 0. The molecule has 0 bridgehead atoms. The number of rotatable bonds is 1. The Balaban J connectivity index is 1.94. The van der Waals surface area contributed by atoms with Crippen LogP contribution >= 0.6 is 0 Å². The minimum Gasteiger partial charge on any atom is -0.633 e. The van der Waals surface area contributed by atoms with Crippen LogP contribution in [0, 0.1) is 10.4 Å². The van der Waals surface area contributed by atoms with Crippen LogP contribution in [0.3, 0.4) is 0 Å². The maximum Gasteiger partial charge on any atom is 0.0996 e. The van der Waals surface area contributed by atoms with Crippen LogP contribution in [0.15, 0.2) is 0 Å². The molecule has 2 aliphatic rings. The van der Waals surface area contributed by atoms with Crippen LogP contribution in [-0.4, -0.2) is 48.6 Å². The Bertz CT molecular complexity index is 202. The molecule has 0 unspecified atom stereocenters. The van der Waals surface area contributed by atoms with Crippen molar-refractivity contribution >= 4 is 0 Å². The first-order chi connectivity index (χ1) is 6.52. The monoisotopic (exact) mass is 200 g/mol. The van der Waals surface area contributed by atoms with Gasteiger partial charge in [0.05, 0.1) is 39.3 Å². The fraction of sp³-hybridized carbons (Fsp3) is 1.00. The summed E-state index contributed by atoms with van der Waals surface area (Å²) in [6.07, 6.45) is 3.79. The van der Waals surface area contributed by atoms with E-state index in [4.69, 9.17) is 0 Å². The molecule has 0 saturated carbocycles. The van der Waals surface area contributed by atoms with Gasteiger partial charge in [-0.2, -0.15) is 0 Å². The summed E-state index contributed by atoms with van der Waals surface area (Å²) in [5, 5.41) is 23.9. The molecule has 4 nitrogen and oxygen atoms in total. The normalized spacial score (nSPS) is 42.6. The maximum absolute atomic E-state index is 12.3. The molecule has 0 aromatic heterocycles. The van der Waals surface area contributed by atoms with Crippen LogP contribution < -0.4 is 0 Å². The highest BCUT2D eigenvalue weighted by atomic mass is 16.6. The zero-order valence-corrected chi connectivity index (χ0v) is 8.95. The molecular formula is C10H20N2O2. The van der Waals surface area contributed by atoms with Crippen LogP contribution in [0.1, 0.15) is 25.7 Å². The number of hydroxylamine groups is 6. The lowest BCUT2D eigenvalue weighted by Gasteiger charge is -2.51. The molecule has 2 heterocycles. The summed E-state index contributed by atoms with van der Waals surface area (Å²) in [6.45, 7) is 2.83. The molecule has 14 heavy (non-hydrogen) atoms. The van der Waals surface area contributed by atoms with E-state index in [9.17, 15) is 10.4 Å². The van der Waals surface area contributed by atoms with E-state index in [1.54, 1.807) is 7.05 Å². The number of piperidine rings is 1. The molecule has 0 N–H and O–H groups in total. The van der Waals surface area contributed by atoms with Gasteiger partial charge < -0.3 is 19.7 Å². The van der Waals surface area contributed by atoms with Crippen LogP contribution in [0.5, 0.6) is 0 Å². The number of quaternary nitrogens is 2. The van der Waals surface area contributed by atoms with E-state index in [1.165, 1.54) is 0 Å². The Morgan fingerprint density at radius 1 is 0.929 bits per heavy atom. The molecule has 2 saturated heterocycles. The Morgan fingerprint density at radius 3 is 1.93 bits per heavy atom. The highest BCUT2D eigenvalue weighted by molar-refractivity contribution is 4.70. The lowest BCUT2D eigenvalue weighted by atomic mass is 10.0. The molecule has 2 fully saturated rings. The molecule has 2 rings (SSSR count). The highest BCUT2D eigenvalue weighted by Crippen LogP contribution is 2.29. The van der Waals surface area contributed by atoms with Gasteiger partial charge in [0.25, 0.3) is 0 Å². The van der Waals surface area contributed by atoms with Crippen LogP contribution in [0.2, 0.25) is 0 Å². The van der Waals surface area contributed by atoms with E-state index in [0.29, 0.717) is 13.1 Å².